The van der Waals surface area contributed by atoms with E-state index in [0.717, 1.165) is 24.2 Å². The summed E-state index contributed by atoms with van der Waals surface area (Å²) in [7, 11) is -3.77. The van der Waals surface area contributed by atoms with E-state index in [1.165, 1.54) is 11.1 Å². The van der Waals surface area contributed by atoms with E-state index in [-0.39, 0.29) is 29.6 Å². The van der Waals surface area contributed by atoms with E-state index in [9.17, 15) is 13.5 Å². The van der Waals surface area contributed by atoms with Crippen molar-refractivity contribution in [1.29, 1.82) is 0 Å². The molecule has 0 unspecified atom stereocenters. The minimum atomic E-state index is -3.77. The van der Waals surface area contributed by atoms with Crippen LogP contribution in [0.5, 0.6) is 0 Å². The van der Waals surface area contributed by atoms with Crippen molar-refractivity contribution < 1.29 is 23.0 Å². The van der Waals surface area contributed by atoms with Gasteiger partial charge in [-0.25, -0.2) is 8.42 Å². The van der Waals surface area contributed by atoms with Crippen LogP contribution in [0, 0.1) is 5.92 Å². The van der Waals surface area contributed by atoms with Crippen LogP contribution in [0.25, 0.3) is 0 Å². The van der Waals surface area contributed by atoms with Crippen LogP contribution in [0.1, 0.15) is 47.1 Å². The highest BCUT2D eigenvalue weighted by atomic mass is 32.2. The van der Waals surface area contributed by atoms with E-state index >= 15 is 0 Å². The Morgan fingerprint density at radius 2 is 1.28 bits per heavy atom. The summed E-state index contributed by atoms with van der Waals surface area (Å²) in [6.45, 7) is 4.27. The molecule has 5 aromatic rings. The summed E-state index contributed by atoms with van der Waals surface area (Å²) >= 11 is 0. The molecule has 0 spiro atoms. The molecule has 7 nitrogen and oxygen atoms in total. The molecular weight excluding hydrogens is 609 g/mol. The second kappa shape index (κ2) is 15.1. The number of hydrogen-bond acceptors (Lipinski definition) is 6. The first-order valence-electron chi connectivity index (χ1n) is 15.9. The van der Waals surface area contributed by atoms with Gasteiger partial charge < -0.3 is 14.6 Å². The van der Waals surface area contributed by atoms with Crippen molar-refractivity contribution in [2.24, 2.45) is 5.92 Å². The molecule has 1 fully saturated rings. The molecule has 5 aromatic carbocycles. The summed E-state index contributed by atoms with van der Waals surface area (Å²) in [6, 6.07) is 44.2. The molecule has 2 N–H and O–H groups in total. The maximum Gasteiger partial charge on any atom is 0.261 e. The van der Waals surface area contributed by atoms with Crippen LogP contribution < -0.4 is 4.72 Å². The van der Waals surface area contributed by atoms with Gasteiger partial charge in [0.1, 0.15) is 0 Å². The molecule has 1 heterocycles. The number of rotatable bonds is 12. The van der Waals surface area contributed by atoms with Crippen molar-refractivity contribution in [1.82, 2.24) is 4.90 Å². The topological polar surface area (TPSA) is 88.1 Å². The number of anilines is 1. The molecule has 6 rings (SSSR count). The molecule has 1 saturated heterocycles. The van der Waals surface area contributed by atoms with Crippen molar-refractivity contribution in [3.05, 3.63) is 167 Å². The predicted molar refractivity (Wildman–Crippen MR) is 184 cm³/mol. The lowest BCUT2D eigenvalue weighted by Crippen LogP contribution is -2.44. The third-order valence-electron chi connectivity index (χ3n) is 8.52. The molecule has 0 aliphatic carbocycles. The van der Waals surface area contributed by atoms with Gasteiger partial charge in [0.15, 0.2) is 6.29 Å². The van der Waals surface area contributed by atoms with E-state index in [2.05, 4.69) is 65.1 Å². The molecule has 0 radical (unpaired) electrons. The SMILES string of the molecule is C[C@H]1[C@@H](CN(Cc2ccccc2)Cc2ccccc2)O[C@@H](c2cccc(NS(=O)(=O)c3ccccc3)c2)O[C@H]1c1ccc(CO)cc1. The minimum absolute atomic E-state index is 0.0139. The molecule has 1 aliphatic heterocycles. The summed E-state index contributed by atoms with van der Waals surface area (Å²) in [5.74, 6) is -0.0139. The first-order chi connectivity index (χ1) is 22.9. The van der Waals surface area contributed by atoms with E-state index in [0.29, 0.717) is 17.8 Å². The zero-order valence-electron chi connectivity index (χ0n) is 26.4. The molecular formula is C39H40N2O5S. The highest BCUT2D eigenvalue weighted by Crippen LogP contribution is 2.42. The quantitative estimate of drug-likeness (QED) is 0.146. The van der Waals surface area contributed by atoms with E-state index in [1.54, 1.807) is 48.5 Å². The van der Waals surface area contributed by atoms with Gasteiger partial charge in [-0.15, -0.1) is 0 Å². The van der Waals surface area contributed by atoms with Crippen molar-refractivity contribution in [3.8, 4) is 0 Å². The van der Waals surface area contributed by atoms with Crippen molar-refractivity contribution in [2.45, 2.75) is 50.0 Å². The number of benzene rings is 5. The van der Waals surface area contributed by atoms with E-state index in [1.807, 2.05) is 42.5 Å². The molecule has 0 saturated carbocycles. The lowest BCUT2D eigenvalue weighted by atomic mass is 9.89. The Morgan fingerprint density at radius 1 is 0.681 bits per heavy atom. The highest BCUT2D eigenvalue weighted by Gasteiger charge is 2.39. The Hall–Kier alpha value is -4.31. The second-order valence-corrected chi connectivity index (χ2v) is 13.7. The molecule has 242 valence electrons. The maximum atomic E-state index is 13.1. The third kappa shape index (κ3) is 8.35. The van der Waals surface area contributed by atoms with Crippen molar-refractivity contribution >= 4 is 15.7 Å². The molecule has 8 heteroatoms. The lowest BCUT2D eigenvalue weighted by molar-refractivity contribution is -0.276. The summed E-state index contributed by atoms with van der Waals surface area (Å²) < 4.78 is 42.4. The largest absolute Gasteiger partial charge is 0.392 e. The number of nitrogens with one attached hydrogen (secondary N) is 1. The zero-order valence-corrected chi connectivity index (χ0v) is 27.2. The van der Waals surface area contributed by atoms with Crippen LogP contribution in [-0.2, 0) is 39.2 Å². The van der Waals surface area contributed by atoms with Crippen molar-refractivity contribution in [3.63, 3.8) is 0 Å². The van der Waals surface area contributed by atoms with Crippen LogP contribution in [0.2, 0.25) is 0 Å². The third-order valence-corrected chi connectivity index (χ3v) is 9.92. The fraction of sp³-hybridized carbons (Fsp3) is 0.231. The van der Waals surface area contributed by atoms with Gasteiger partial charge in [-0.05, 0) is 46.5 Å². The average Bonchev–Trinajstić information content (AvgIpc) is 3.10. The Morgan fingerprint density at radius 3 is 1.87 bits per heavy atom. The van der Waals surface area contributed by atoms with Gasteiger partial charge in [-0.1, -0.05) is 122 Å². The Bertz CT molecular complexity index is 1780. The summed E-state index contributed by atoms with van der Waals surface area (Å²) in [4.78, 5) is 2.60. The van der Waals surface area contributed by atoms with Crippen LogP contribution in [0.15, 0.2) is 144 Å². The fourth-order valence-corrected chi connectivity index (χ4v) is 7.08. The Balaban J connectivity index is 1.30. The van der Waals surface area contributed by atoms with Gasteiger partial charge in [0.25, 0.3) is 10.0 Å². The number of sulfonamides is 1. The molecule has 0 amide bonds. The maximum absolute atomic E-state index is 13.1. The minimum Gasteiger partial charge on any atom is -0.392 e. The van der Waals surface area contributed by atoms with Gasteiger partial charge in [-0.2, -0.15) is 0 Å². The smallest absolute Gasteiger partial charge is 0.261 e. The Kier molecular flexibility index (Phi) is 10.5. The molecule has 0 bridgehead atoms. The number of nitrogens with zero attached hydrogens (tertiary/aromatic N) is 1. The normalized spacial score (nSPS) is 19.8. The van der Waals surface area contributed by atoms with Gasteiger partial charge in [0.2, 0.25) is 0 Å². The van der Waals surface area contributed by atoms with Gasteiger partial charge in [0.05, 0.1) is 23.7 Å². The lowest BCUT2D eigenvalue weighted by Gasteiger charge is -2.43. The first kappa shape index (κ1) is 32.6. The zero-order chi connectivity index (χ0) is 32.6. The van der Waals surface area contributed by atoms with Gasteiger partial charge >= 0.3 is 0 Å². The molecule has 47 heavy (non-hydrogen) atoms. The summed E-state index contributed by atoms with van der Waals surface area (Å²) in [6.07, 6.45) is -1.25. The number of aliphatic hydroxyl groups is 1. The second-order valence-electron chi connectivity index (χ2n) is 12.0. The van der Waals surface area contributed by atoms with Crippen LogP contribution in [0.3, 0.4) is 0 Å². The number of aliphatic hydroxyl groups excluding tert-OH is 1. The van der Waals surface area contributed by atoms with E-state index < -0.39 is 16.3 Å². The highest BCUT2D eigenvalue weighted by molar-refractivity contribution is 7.92. The van der Waals surface area contributed by atoms with Gasteiger partial charge in [0, 0.05) is 36.8 Å². The molecule has 1 aliphatic rings. The van der Waals surface area contributed by atoms with Gasteiger partial charge in [-0.3, -0.25) is 9.62 Å². The summed E-state index contributed by atoms with van der Waals surface area (Å²) in [5.41, 5.74) is 5.39. The monoisotopic (exact) mass is 648 g/mol. The van der Waals surface area contributed by atoms with Crippen LogP contribution >= 0.6 is 0 Å². The average molecular weight is 649 g/mol. The van der Waals surface area contributed by atoms with Crippen LogP contribution in [0.4, 0.5) is 5.69 Å². The Labute approximate surface area is 277 Å². The van der Waals surface area contributed by atoms with Crippen LogP contribution in [-0.4, -0.2) is 31.1 Å². The number of hydrogen-bond donors (Lipinski definition) is 2. The van der Waals surface area contributed by atoms with E-state index in [4.69, 9.17) is 9.47 Å². The fourth-order valence-electron chi connectivity index (χ4n) is 6.01. The molecule has 4 atom stereocenters. The van der Waals surface area contributed by atoms with Crippen molar-refractivity contribution in [2.75, 3.05) is 11.3 Å². The first-order valence-corrected chi connectivity index (χ1v) is 17.3. The predicted octanol–water partition coefficient (Wildman–Crippen LogP) is 7.47. The molecule has 0 aromatic heterocycles. The summed E-state index contributed by atoms with van der Waals surface area (Å²) in [5, 5.41) is 9.64. The standard InChI is InChI=1S/C39H40N2O5S/c1-29-37(27-41(25-30-12-5-2-6-13-30)26-31-14-7-3-8-15-31)45-39(46-38(29)33-22-20-32(28-42)21-23-33)34-16-11-17-35(24-34)40-47(43,44)36-18-9-4-10-19-36/h2-24,29,37-40,42H,25-28H2,1H3/t29-,37+,38+,39+/m0/s1. The number of ether oxygens (including phenoxy) is 2.